The summed E-state index contributed by atoms with van der Waals surface area (Å²) in [4.78, 5) is 10.4. The van der Waals surface area contributed by atoms with E-state index < -0.39 is 15.0 Å². The van der Waals surface area contributed by atoms with Crippen LogP contribution < -0.4 is 5.11 Å². The molecule has 0 spiro atoms. The smallest absolute Gasteiger partial charge is 0.261 e. The molecular weight excluding hydrogens is 228 g/mol. The summed E-state index contributed by atoms with van der Waals surface area (Å²) in [5.41, 5.74) is 0.251. The zero-order chi connectivity index (χ0) is 10.9. The van der Waals surface area contributed by atoms with Crippen LogP contribution >= 0.6 is 10.7 Å². The van der Waals surface area contributed by atoms with Crippen molar-refractivity contribution >= 4 is 25.7 Å². The lowest BCUT2D eigenvalue weighted by Crippen LogP contribution is -2.23. The van der Waals surface area contributed by atoms with Crippen molar-refractivity contribution in [1.29, 1.82) is 0 Å². The minimum atomic E-state index is -3.81. The molecule has 1 aromatic carbocycles. The summed E-state index contributed by atoms with van der Waals surface area (Å²) in [7, 11) is 1.26. The zero-order valence-electron chi connectivity index (χ0n) is 7.15. The summed E-state index contributed by atoms with van der Waals surface area (Å²) in [6.45, 7) is 1.47. The van der Waals surface area contributed by atoms with Crippen molar-refractivity contribution in [2.24, 2.45) is 0 Å². The van der Waals surface area contributed by atoms with Crippen molar-refractivity contribution in [2.75, 3.05) is 0 Å². The Morgan fingerprint density at radius 2 is 2.00 bits per heavy atom. The molecule has 0 heterocycles. The molecular formula is C8H6ClO4S-. The fourth-order valence-electron chi connectivity index (χ4n) is 1.02. The first-order chi connectivity index (χ1) is 6.32. The minimum Gasteiger partial charge on any atom is -0.545 e. The highest BCUT2D eigenvalue weighted by Gasteiger charge is 2.11. The Bertz CT molecular complexity index is 478. The van der Waals surface area contributed by atoms with E-state index in [0.29, 0.717) is 5.56 Å². The Morgan fingerprint density at radius 1 is 1.43 bits per heavy atom. The molecule has 0 bridgehead atoms. The van der Waals surface area contributed by atoms with Gasteiger partial charge in [0.1, 0.15) is 0 Å². The summed E-state index contributed by atoms with van der Waals surface area (Å²) in [6, 6.07) is 3.47. The number of carboxylic acid groups (broad SMARTS) is 1. The maximum Gasteiger partial charge on any atom is 0.261 e. The maximum atomic E-state index is 10.9. The van der Waals surface area contributed by atoms with Gasteiger partial charge >= 0.3 is 0 Å². The van der Waals surface area contributed by atoms with Crippen molar-refractivity contribution in [1.82, 2.24) is 0 Å². The molecule has 0 aromatic heterocycles. The summed E-state index contributed by atoms with van der Waals surface area (Å²) < 4.78 is 21.7. The fourth-order valence-corrected chi connectivity index (χ4v) is 1.85. The van der Waals surface area contributed by atoms with Crippen LogP contribution in [0.1, 0.15) is 15.9 Å². The van der Waals surface area contributed by atoms with E-state index in [0.717, 1.165) is 12.1 Å². The van der Waals surface area contributed by atoms with Gasteiger partial charge in [0.25, 0.3) is 9.05 Å². The second kappa shape index (κ2) is 3.59. The SMILES string of the molecule is Cc1cc(S(=O)(=O)Cl)ccc1C(=O)[O-]. The molecule has 0 N–H and O–H groups in total. The summed E-state index contributed by atoms with van der Waals surface area (Å²) in [5, 5.41) is 10.5. The number of benzene rings is 1. The highest BCUT2D eigenvalue weighted by molar-refractivity contribution is 8.13. The van der Waals surface area contributed by atoms with Gasteiger partial charge in [-0.2, -0.15) is 0 Å². The zero-order valence-corrected chi connectivity index (χ0v) is 8.72. The topological polar surface area (TPSA) is 74.3 Å². The van der Waals surface area contributed by atoms with E-state index in [1.807, 2.05) is 0 Å². The minimum absolute atomic E-state index is 0.0472. The molecule has 14 heavy (non-hydrogen) atoms. The van der Waals surface area contributed by atoms with Gasteiger partial charge in [0.05, 0.1) is 10.9 Å². The molecule has 0 saturated carbocycles. The number of rotatable bonds is 2. The number of carbonyl (C=O) groups is 1. The highest BCUT2D eigenvalue weighted by atomic mass is 35.7. The Hall–Kier alpha value is -1.07. The van der Waals surface area contributed by atoms with E-state index in [1.54, 1.807) is 0 Å². The number of carbonyl (C=O) groups excluding carboxylic acids is 1. The van der Waals surface area contributed by atoms with E-state index in [9.17, 15) is 18.3 Å². The van der Waals surface area contributed by atoms with Crippen molar-refractivity contribution in [3.63, 3.8) is 0 Å². The van der Waals surface area contributed by atoms with Crippen LogP contribution in [-0.4, -0.2) is 14.4 Å². The maximum absolute atomic E-state index is 10.9. The van der Waals surface area contributed by atoms with Crippen LogP contribution in [0.3, 0.4) is 0 Å². The lowest BCUT2D eigenvalue weighted by molar-refractivity contribution is -0.255. The van der Waals surface area contributed by atoms with Gasteiger partial charge in [-0.05, 0) is 24.6 Å². The molecule has 0 atom stereocenters. The van der Waals surface area contributed by atoms with E-state index >= 15 is 0 Å². The first-order valence-corrected chi connectivity index (χ1v) is 5.90. The molecule has 0 aliphatic carbocycles. The van der Waals surface area contributed by atoms with E-state index in [1.165, 1.54) is 13.0 Å². The first-order valence-electron chi connectivity index (χ1n) is 3.59. The number of hydrogen-bond donors (Lipinski definition) is 0. The average Bonchev–Trinajstić information content (AvgIpc) is 2.01. The molecule has 76 valence electrons. The first kappa shape index (κ1) is 11.0. The van der Waals surface area contributed by atoms with Crippen LogP contribution in [0.5, 0.6) is 0 Å². The highest BCUT2D eigenvalue weighted by Crippen LogP contribution is 2.18. The van der Waals surface area contributed by atoms with E-state index in [2.05, 4.69) is 0 Å². The molecule has 0 aliphatic heterocycles. The summed E-state index contributed by atoms with van der Waals surface area (Å²) in [5.74, 6) is -1.35. The van der Waals surface area contributed by atoms with Gasteiger partial charge in [-0.25, -0.2) is 8.42 Å². The van der Waals surface area contributed by atoms with Gasteiger partial charge in [0.2, 0.25) is 0 Å². The molecule has 0 radical (unpaired) electrons. The van der Waals surface area contributed by atoms with Crippen LogP contribution in [0.15, 0.2) is 23.1 Å². The number of carboxylic acids is 1. The van der Waals surface area contributed by atoms with E-state index in [4.69, 9.17) is 10.7 Å². The van der Waals surface area contributed by atoms with Crippen LogP contribution in [0, 0.1) is 6.92 Å². The third-order valence-corrected chi connectivity index (χ3v) is 3.05. The van der Waals surface area contributed by atoms with Gasteiger partial charge in [-0.1, -0.05) is 6.07 Å². The molecule has 0 amide bonds. The third kappa shape index (κ3) is 2.24. The number of hydrogen-bond acceptors (Lipinski definition) is 4. The largest absolute Gasteiger partial charge is 0.545 e. The quantitative estimate of drug-likeness (QED) is 0.688. The third-order valence-electron chi connectivity index (χ3n) is 1.70. The van der Waals surface area contributed by atoms with Gasteiger partial charge < -0.3 is 9.90 Å². The Kier molecular flexibility index (Phi) is 2.82. The number of halogens is 1. The van der Waals surface area contributed by atoms with Crippen molar-refractivity contribution < 1.29 is 18.3 Å². The predicted octanol–water partition coefficient (Wildman–Crippen LogP) is 0.286. The van der Waals surface area contributed by atoms with Crippen LogP contribution in [0.4, 0.5) is 0 Å². The molecule has 0 unspecified atom stereocenters. The van der Waals surface area contributed by atoms with Crippen LogP contribution in [0.25, 0.3) is 0 Å². The van der Waals surface area contributed by atoms with Crippen LogP contribution in [0.2, 0.25) is 0 Å². The normalized spacial score (nSPS) is 11.3. The fraction of sp³-hybridized carbons (Fsp3) is 0.125. The monoisotopic (exact) mass is 233 g/mol. The molecule has 6 heteroatoms. The Balaban J connectivity index is 3.34. The molecule has 1 rings (SSSR count). The van der Waals surface area contributed by atoms with Crippen LogP contribution in [-0.2, 0) is 9.05 Å². The Labute approximate surface area is 85.5 Å². The molecule has 0 fully saturated rings. The van der Waals surface area contributed by atoms with Crippen molar-refractivity contribution in [3.05, 3.63) is 29.3 Å². The lowest BCUT2D eigenvalue weighted by atomic mass is 10.1. The molecule has 0 saturated heterocycles. The van der Waals surface area contributed by atoms with Crippen molar-refractivity contribution in [3.8, 4) is 0 Å². The molecule has 4 nitrogen and oxygen atoms in total. The van der Waals surface area contributed by atoms with Gasteiger partial charge in [-0.3, -0.25) is 0 Å². The number of aromatic carboxylic acids is 1. The predicted molar refractivity (Wildman–Crippen MR) is 48.5 cm³/mol. The average molecular weight is 234 g/mol. The van der Waals surface area contributed by atoms with Crippen molar-refractivity contribution in [2.45, 2.75) is 11.8 Å². The van der Waals surface area contributed by atoms with Gasteiger partial charge in [-0.15, -0.1) is 0 Å². The standard InChI is InChI=1S/C8H7ClO4S/c1-5-4-6(14(9,12)13)2-3-7(5)8(10)11/h2-4H,1H3,(H,10,11)/p-1. The van der Waals surface area contributed by atoms with Gasteiger partial charge in [0.15, 0.2) is 0 Å². The number of aryl methyl sites for hydroxylation is 1. The Morgan fingerprint density at radius 3 is 2.36 bits per heavy atom. The second-order valence-corrected chi connectivity index (χ2v) is 5.27. The second-order valence-electron chi connectivity index (χ2n) is 2.70. The lowest BCUT2D eigenvalue weighted by Gasteiger charge is -2.07. The summed E-state index contributed by atoms with van der Waals surface area (Å²) in [6.07, 6.45) is 0. The molecule has 0 aliphatic rings. The summed E-state index contributed by atoms with van der Waals surface area (Å²) >= 11 is 0. The molecule has 1 aromatic rings. The van der Waals surface area contributed by atoms with Gasteiger partial charge in [0, 0.05) is 16.2 Å². The van der Waals surface area contributed by atoms with E-state index in [-0.39, 0.29) is 10.5 Å².